The summed E-state index contributed by atoms with van der Waals surface area (Å²) in [5.74, 6) is 0.840. The molecule has 10 heteroatoms. The number of hydrogen-bond donors (Lipinski definition) is 0. The van der Waals surface area contributed by atoms with E-state index in [-0.39, 0.29) is 12.5 Å². The lowest BCUT2D eigenvalue weighted by atomic mass is 9.91. The Kier molecular flexibility index (Phi) is 6.02. The predicted octanol–water partition coefficient (Wildman–Crippen LogP) is 3.45. The zero-order valence-corrected chi connectivity index (χ0v) is 22.8. The summed E-state index contributed by atoms with van der Waals surface area (Å²) in [5, 5.41) is 13.8. The van der Waals surface area contributed by atoms with Gasteiger partial charge in [0.1, 0.15) is 12.4 Å². The molecule has 0 unspecified atom stereocenters. The lowest BCUT2D eigenvalue weighted by molar-refractivity contribution is -0.130. The van der Waals surface area contributed by atoms with Crippen molar-refractivity contribution in [1.29, 1.82) is 0 Å². The summed E-state index contributed by atoms with van der Waals surface area (Å²) in [6.45, 7) is 1.97. The Morgan fingerprint density at radius 3 is 2.50 bits per heavy atom. The van der Waals surface area contributed by atoms with E-state index >= 15 is 0 Å². The quantitative estimate of drug-likeness (QED) is 0.332. The van der Waals surface area contributed by atoms with Crippen molar-refractivity contribution in [2.45, 2.75) is 38.6 Å². The Bertz CT molecular complexity index is 1700. The maximum atomic E-state index is 12.5. The minimum absolute atomic E-state index is 0.127. The normalized spacial score (nSPS) is 14.4. The minimum Gasteiger partial charge on any atom is -0.341 e. The van der Waals surface area contributed by atoms with Gasteiger partial charge in [0.25, 0.3) is 0 Å². The molecule has 10 nitrogen and oxygen atoms in total. The molecule has 1 saturated heterocycles. The van der Waals surface area contributed by atoms with Crippen LogP contribution in [0.3, 0.4) is 0 Å². The van der Waals surface area contributed by atoms with Gasteiger partial charge in [-0.15, -0.1) is 0 Å². The van der Waals surface area contributed by atoms with Gasteiger partial charge in [0, 0.05) is 62.5 Å². The second kappa shape index (κ2) is 9.86. The van der Waals surface area contributed by atoms with Crippen molar-refractivity contribution in [3.05, 3.63) is 77.9 Å². The van der Waals surface area contributed by atoms with E-state index in [0.29, 0.717) is 12.2 Å². The van der Waals surface area contributed by atoms with Crippen molar-refractivity contribution >= 4 is 5.91 Å². The predicted molar refractivity (Wildman–Crippen MR) is 150 cm³/mol. The fraction of sp³-hybridized carbons (Fsp3) is 0.333. The molecule has 1 fully saturated rings. The number of fused-ring (bicyclic) bond motifs is 3. The van der Waals surface area contributed by atoms with E-state index in [0.717, 1.165) is 89.4 Å². The topological polar surface area (TPSA) is 99.6 Å². The van der Waals surface area contributed by atoms with Gasteiger partial charge in [-0.2, -0.15) is 15.3 Å². The molecule has 4 aromatic heterocycles. The summed E-state index contributed by atoms with van der Waals surface area (Å²) in [6.07, 6.45) is 12.1. The summed E-state index contributed by atoms with van der Waals surface area (Å²) in [4.78, 5) is 24.2. The van der Waals surface area contributed by atoms with Gasteiger partial charge in [0.05, 0.1) is 35.4 Å². The molecule has 202 valence electrons. The molecule has 40 heavy (non-hydrogen) atoms. The molecule has 5 aromatic rings. The van der Waals surface area contributed by atoms with Crippen LogP contribution in [0.2, 0.25) is 0 Å². The van der Waals surface area contributed by atoms with Crippen LogP contribution in [0.5, 0.6) is 0 Å². The lowest BCUT2D eigenvalue weighted by Gasteiger charge is -2.16. The van der Waals surface area contributed by atoms with Crippen molar-refractivity contribution in [2.75, 3.05) is 13.1 Å². The molecular weight excluding hydrogens is 502 g/mol. The van der Waals surface area contributed by atoms with Gasteiger partial charge < -0.3 is 4.90 Å². The van der Waals surface area contributed by atoms with Gasteiger partial charge in [-0.1, -0.05) is 24.3 Å². The fourth-order valence-electron chi connectivity index (χ4n) is 5.86. The number of carbonyl (C=O) groups is 1. The average molecular weight is 534 g/mol. The number of aromatic nitrogens is 8. The third kappa shape index (κ3) is 4.49. The first-order valence-electron chi connectivity index (χ1n) is 13.8. The zero-order valence-electron chi connectivity index (χ0n) is 22.8. The average Bonchev–Trinajstić information content (AvgIpc) is 3.76. The molecule has 0 atom stereocenters. The number of benzene rings is 1. The second-order valence-corrected chi connectivity index (χ2v) is 10.7. The Morgan fingerprint density at radius 1 is 0.925 bits per heavy atom. The number of carbonyl (C=O) groups excluding carboxylic acids is 1. The maximum absolute atomic E-state index is 12.5. The van der Waals surface area contributed by atoms with Gasteiger partial charge in [0.2, 0.25) is 5.91 Å². The van der Waals surface area contributed by atoms with Gasteiger partial charge in [-0.25, -0.2) is 9.97 Å². The van der Waals surface area contributed by atoms with E-state index in [1.807, 2.05) is 59.2 Å². The zero-order chi connectivity index (χ0) is 27.2. The van der Waals surface area contributed by atoms with Crippen molar-refractivity contribution in [2.24, 2.45) is 14.1 Å². The van der Waals surface area contributed by atoms with Crippen LogP contribution in [0.25, 0.3) is 33.6 Å². The number of hydrogen-bond acceptors (Lipinski definition) is 6. The largest absolute Gasteiger partial charge is 0.341 e. The molecular formula is C30H31N9O. The van der Waals surface area contributed by atoms with E-state index in [1.165, 1.54) is 0 Å². The van der Waals surface area contributed by atoms with E-state index in [4.69, 9.17) is 10.1 Å². The van der Waals surface area contributed by atoms with Crippen LogP contribution in [0.15, 0.2) is 55.1 Å². The summed E-state index contributed by atoms with van der Waals surface area (Å²) in [7, 11) is 3.93. The van der Waals surface area contributed by atoms with Crippen molar-refractivity contribution in [1.82, 2.24) is 44.2 Å². The van der Waals surface area contributed by atoms with Crippen molar-refractivity contribution < 1.29 is 4.79 Å². The van der Waals surface area contributed by atoms with Gasteiger partial charge in [0.15, 0.2) is 0 Å². The highest BCUT2D eigenvalue weighted by Crippen LogP contribution is 2.39. The van der Waals surface area contributed by atoms with Crippen LogP contribution in [0.1, 0.15) is 35.6 Å². The lowest BCUT2D eigenvalue weighted by Crippen LogP contribution is -2.31. The van der Waals surface area contributed by atoms with Crippen LogP contribution < -0.4 is 0 Å². The molecule has 7 rings (SSSR count). The fourth-order valence-corrected chi connectivity index (χ4v) is 5.86. The first-order valence-corrected chi connectivity index (χ1v) is 13.8. The van der Waals surface area contributed by atoms with Crippen LogP contribution in [-0.2, 0) is 44.7 Å². The number of nitrogens with zero attached hydrogens (tertiary/aromatic N) is 9. The number of aryl methyl sites for hydroxylation is 4. The highest BCUT2D eigenvalue weighted by Gasteiger charge is 2.27. The molecule has 0 radical (unpaired) electrons. The summed E-state index contributed by atoms with van der Waals surface area (Å²) >= 11 is 0. The SMILES string of the molecule is Cn1cc(-c2ccc(-c3c4c(nn3C)CCc3cnc(Cc5ccn(CC(=O)N6CCCC6)n5)nc3-4)cc2)cn1. The molecule has 0 bridgehead atoms. The highest BCUT2D eigenvalue weighted by molar-refractivity contribution is 5.84. The molecule has 0 saturated carbocycles. The number of likely N-dealkylation sites (tertiary alicyclic amines) is 1. The Balaban J connectivity index is 1.16. The summed E-state index contributed by atoms with van der Waals surface area (Å²) < 4.78 is 5.51. The first kappa shape index (κ1) is 24.4. The van der Waals surface area contributed by atoms with Crippen LogP contribution in [-0.4, -0.2) is 63.2 Å². The molecule has 1 aromatic carbocycles. The number of rotatable bonds is 6. The Morgan fingerprint density at radius 2 is 1.73 bits per heavy atom. The van der Waals surface area contributed by atoms with Crippen molar-refractivity contribution in [3.8, 4) is 33.6 Å². The monoisotopic (exact) mass is 533 g/mol. The standard InChI is InChI=1S/C30H31N9O/c1-36-18-23(17-32-36)20-5-7-21(8-6-20)30-28-25(35-37(30)2)10-9-22-16-31-26(33-29(22)28)15-24-11-14-39(34-24)19-27(40)38-12-3-4-13-38/h5-8,11,14,16-18H,3-4,9-10,12-13,15,19H2,1-2H3. The van der Waals surface area contributed by atoms with Gasteiger partial charge in [-0.3, -0.25) is 18.8 Å². The minimum atomic E-state index is 0.127. The summed E-state index contributed by atoms with van der Waals surface area (Å²) in [5.41, 5.74) is 9.46. The van der Waals surface area contributed by atoms with E-state index in [9.17, 15) is 4.79 Å². The molecule has 1 amide bonds. The van der Waals surface area contributed by atoms with E-state index in [1.54, 1.807) is 4.68 Å². The maximum Gasteiger partial charge on any atom is 0.244 e. The second-order valence-electron chi connectivity index (χ2n) is 10.7. The third-order valence-electron chi connectivity index (χ3n) is 7.89. The van der Waals surface area contributed by atoms with E-state index in [2.05, 4.69) is 39.4 Å². The van der Waals surface area contributed by atoms with Crippen molar-refractivity contribution in [3.63, 3.8) is 0 Å². The van der Waals surface area contributed by atoms with E-state index < -0.39 is 0 Å². The third-order valence-corrected chi connectivity index (χ3v) is 7.89. The first-order chi connectivity index (χ1) is 19.5. The van der Waals surface area contributed by atoms with Crippen LogP contribution >= 0.6 is 0 Å². The van der Waals surface area contributed by atoms with Crippen LogP contribution in [0.4, 0.5) is 0 Å². The molecule has 1 aliphatic carbocycles. The van der Waals surface area contributed by atoms with Crippen LogP contribution in [0, 0.1) is 0 Å². The molecule has 2 aliphatic rings. The molecule has 1 aliphatic heterocycles. The molecule has 0 N–H and O–H groups in total. The van der Waals surface area contributed by atoms with Gasteiger partial charge >= 0.3 is 0 Å². The highest BCUT2D eigenvalue weighted by atomic mass is 16.2. The molecule has 5 heterocycles. The Labute approximate surface area is 232 Å². The Hall–Kier alpha value is -4.60. The smallest absolute Gasteiger partial charge is 0.244 e. The molecule has 0 spiro atoms. The summed E-state index contributed by atoms with van der Waals surface area (Å²) in [6, 6.07) is 10.5. The number of amides is 1. The van der Waals surface area contributed by atoms with Gasteiger partial charge in [-0.05, 0) is 42.9 Å².